The molecule has 0 radical (unpaired) electrons. The summed E-state index contributed by atoms with van der Waals surface area (Å²) >= 11 is 1.41. The summed E-state index contributed by atoms with van der Waals surface area (Å²) in [7, 11) is 0. The Bertz CT molecular complexity index is 992. The van der Waals surface area contributed by atoms with Gasteiger partial charge in [0.05, 0.1) is 19.7 Å². The second-order valence-electron chi connectivity index (χ2n) is 7.23. The molecular weight excluding hydrogens is 380 g/mol. The van der Waals surface area contributed by atoms with Gasteiger partial charge in [-0.15, -0.1) is 5.10 Å². The number of carbonyl (C=O) groups is 1. The van der Waals surface area contributed by atoms with Crippen molar-refractivity contribution >= 4 is 22.3 Å². The van der Waals surface area contributed by atoms with E-state index in [1.807, 2.05) is 26.0 Å². The SMILES string of the molecule is CCOC(=O)[C@H]1CCC[NH+]([C@@H](c2ccc(C)o2)c2sc3nc(C)nn3c2O)C1. The predicted octanol–water partition coefficient (Wildman–Crippen LogP) is 1.65. The largest absolute Gasteiger partial charge is 0.492 e. The molecule has 9 heteroatoms. The molecule has 0 amide bonds. The lowest BCUT2D eigenvalue weighted by molar-refractivity contribution is -0.933. The first-order valence-corrected chi connectivity index (χ1v) is 10.4. The van der Waals surface area contributed by atoms with Crippen molar-refractivity contribution in [3.63, 3.8) is 0 Å². The summed E-state index contributed by atoms with van der Waals surface area (Å²) in [4.78, 5) is 19.3. The van der Waals surface area contributed by atoms with Gasteiger partial charge in [-0.2, -0.15) is 4.52 Å². The third-order valence-electron chi connectivity index (χ3n) is 5.20. The topological polar surface area (TPSA) is 94.3 Å². The summed E-state index contributed by atoms with van der Waals surface area (Å²) in [5.74, 6) is 2.00. The van der Waals surface area contributed by atoms with Crippen molar-refractivity contribution < 1.29 is 24.0 Å². The maximum absolute atomic E-state index is 12.3. The third kappa shape index (κ3) is 3.40. The van der Waals surface area contributed by atoms with E-state index in [4.69, 9.17) is 9.15 Å². The smallest absolute Gasteiger partial charge is 0.314 e. The quantitative estimate of drug-likeness (QED) is 0.627. The van der Waals surface area contributed by atoms with Gasteiger partial charge in [0.15, 0.2) is 11.8 Å². The first-order valence-electron chi connectivity index (χ1n) is 9.60. The number of aromatic hydroxyl groups is 1. The lowest BCUT2D eigenvalue weighted by Crippen LogP contribution is -3.14. The maximum atomic E-state index is 12.3. The van der Waals surface area contributed by atoms with Crippen molar-refractivity contribution in [3.8, 4) is 5.88 Å². The summed E-state index contributed by atoms with van der Waals surface area (Å²) in [6, 6.07) is 3.65. The zero-order valence-corrected chi connectivity index (χ0v) is 17.1. The summed E-state index contributed by atoms with van der Waals surface area (Å²) in [5.41, 5.74) is 0. The number of rotatable bonds is 5. The number of quaternary nitrogens is 1. The number of aromatic nitrogens is 3. The Morgan fingerprint density at radius 3 is 3.00 bits per heavy atom. The number of piperidine rings is 1. The first kappa shape index (κ1) is 18.9. The molecule has 0 bridgehead atoms. The summed E-state index contributed by atoms with van der Waals surface area (Å²) in [6.07, 6.45) is 1.74. The van der Waals surface area contributed by atoms with Crippen molar-refractivity contribution in [3.05, 3.63) is 34.4 Å². The number of hydrogen-bond acceptors (Lipinski definition) is 7. The minimum Gasteiger partial charge on any atom is -0.492 e. The minimum atomic E-state index is -0.222. The zero-order chi connectivity index (χ0) is 19.8. The molecule has 0 saturated carbocycles. The molecule has 28 heavy (non-hydrogen) atoms. The van der Waals surface area contributed by atoms with Crippen LogP contribution in [0.1, 0.15) is 48.0 Å². The van der Waals surface area contributed by atoms with E-state index in [1.165, 1.54) is 20.8 Å². The van der Waals surface area contributed by atoms with E-state index in [9.17, 15) is 9.90 Å². The van der Waals surface area contributed by atoms with E-state index >= 15 is 0 Å². The Kier molecular flexibility index (Phi) is 5.11. The number of thiazole rings is 1. The molecule has 3 aromatic heterocycles. The van der Waals surface area contributed by atoms with Gasteiger partial charge in [-0.05, 0) is 45.7 Å². The van der Waals surface area contributed by atoms with Crippen LogP contribution in [0.2, 0.25) is 0 Å². The zero-order valence-electron chi connectivity index (χ0n) is 16.3. The highest BCUT2D eigenvalue weighted by Crippen LogP contribution is 2.36. The number of nitrogens with zero attached hydrogens (tertiary/aromatic N) is 3. The maximum Gasteiger partial charge on any atom is 0.314 e. The van der Waals surface area contributed by atoms with Crippen LogP contribution >= 0.6 is 11.3 Å². The molecule has 1 fully saturated rings. The van der Waals surface area contributed by atoms with Crippen LogP contribution in [-0.4, -0.2) is 45.4 Å². The average molecular weight is 406 g/mol. The van der Waals surface area contributed by atoms with Gasteiger partial charge < -0.3 is 19.2 Å². The number of ether oxygens (including phenoxy) is 1. The molecule has 1 saturated heterocycles. The number of hydrogen-bond donors (Lipinski definition) is 2. The van der Waals surface area contributed by atoms with Crippen molar-refractivity contribution in [2.75, 3.05) is 19.7 Å². The average Bonchev–Trinajstić information content (AvgIpc) is 3.33. The van der Waals surface area contributed by atoms with Crippen LogP contribution in [0.5, 0.6) is 5.88 Å². The number of fused-ring (bicyclic) bond motifs is 1. The van der Waals surface area contributed by atoms with E-state index in [0.29, 0.717) is 23.9 Å². The number of carbonyl (C=O) groups excluding carboxylic acids is 1. The van der Waals surface area contributed by atoms with Gasteiger partial charge in [0, 0.05) is 0 Å². The number of likely N-dealkylation sites (tertiary alicyclic amines) is 1. The molecule has 3 aromatic rings. The standard InChI is InChI=1S/C19H24N4O4S/c1-4-26-18(25)13-6-5-9-22(10-13)15(14-8-7-11(2)27-14)16-17(24)23-19(28-16)20-12(3)21-23/h7-8,13,15,24H,4-6,9-10H2,1-3H3/p+1/t13-,15-/m0/s1. The number of esters is 1. The Hall–Kier alpha value is -2.39. The summed E-state index contributed by atoms with van der Waals surface area (Å²) < 4.78 is 12.7. The molecule has 2 N–H and O–H groups in total. The Labute approximate surface area is 166 Å². The number of furan rings is 1. The Morgan fingerprint density at radius 1 is 1.50 bits per heavy atom. The van der Waals surface area contributed by atoms with Crippen LogP contribution in [0, 0.1) is 19.8 Å². The number of aryl methyl sites for hydroxylation is 2. The van der Waals surface area contributed by atoms with E-state index in [1.54, 1.807) is 6.92 Å². The fraction of sp³-hybridized carbons (Fsp3) is 0.526. The lowest BCUT2D eigenvalue weighted by atomic mass is 9.96. The monoisotopic (exact) mass is 405 g/mol. The fourth-order valence-corrected chi connectivity index (χ4v) is 5.15. The molecule has 1 aliphatic rings. The van der Waals surface area contributed by atoms with Crippen molar-refractivity contribution in [2.24, 2.45) is 5.92 Å². The Morgan fingerprint density at radius 2 is 2.32 bits per heavy atom. The van der Waals surface area contributed by atoms with E-state index < -0.39 is 0 Å². The van der Waals surface area contributed by atoms with Crippen molar-refractivity contribution in [1.29, 1.82) is 0 Å². The van der Waals surface area contributed by atoms with E-state index in [-0.39, 0.29) is 23.8 Å². The molecule has 0 aliphatic carbocycles. The molecule has 1 unspecified atom stereocenters. The fourth-order valence-electron chi connectivity index (χ4n) is 3.98. The Balaban J connectivity index is 1.72. The molecule has 3 atom stereocenters. The summed E-state index contributed by atoms with van der Waals surface area (Å²) in [5, 5.41) is 15.1. The normalized spacial score (nSPS) is 21.1. The molecule has 4 rings (SSSR count). The van der Waals surface area contributed by atoms with Gasteiger partial charge in [-0.25, -0.2) is 4.98 Å². The molecular formula is C19H25N4O4S+. The highest BCUT2D eigenvalue weighted by Gasteiger charge is 2.40. The van der Waals surface area contributed by atoms with Crippen LogP contribution in [-0.2, 0) is 9.53 Å². The van der Waals surface area contributed by atoms with Gasteiger partial charge in [-0.1, -0.05) is 11.3 Å². The predicted molar refractivity (Wildman–Crippen MR) is 103 cm³/mol. The van der Waals surface area contributed by atoms with Crippen LogP contribution in [0.15, 0.2) is 16.5 Å². The second kappa shape index (κ2) is 7.56. The molecule has 4 heterocycles. The van der Waals surface area contributed by atoms with Crippen LogP contribution < -0.4 is 4.90 Å². The first-order chi connectivity index (χ1) is 13.5. The highest BCUT2D eigenvalue weighted by molar-refractivity contribution is 7.17. The van der Waals surface area contributed by atoms with E-state index in [2.05, 4.69) is 10.1 Å². The molecule has 1 aliphatic heterocycles. The highest BCUT2D eigenvalue weighted by atomic mass is 32.1. The van der Waals surface area contributed by atoms with Gasteiger partial charge in [-0.3, -0.25) is 4.79 Å². The minimum absolute atomic E-state index is 0.0883. The molecule has 0 aromatic carbocycles. The van der Waals surface area contributed by atoms with Crippen LogP contribution in [0.4, 0.5) is 0 Å². The van der Waals surface area contributed by atoms with Crippen LogP contribution in [0.25, 0.3) is 4.96 Å². The van der Waals surface area contributed by atoms with Gasteiger partial charge in [0.1, 0.15) is 22.4 Å². The van der Waals surface area contributed by atoms with Gasteiger partial charge >= 0.3 is 5.97 Å². The second-order valence-corrected chi connectivity index (χ2v) is 8.24. The molecule has 0 spiro atoms. The molecule has 150 valence electrons. The lowest BCUT2D eigenvalue weighted by Gasteiger charge is -2.33. The molecule has 8 nitrogen and oxygen atoms in total. The summed E-state index contributed by atoms with van der Waals surface area (Å²) in [6.45, 7) is 7.43. The number of nitrogens with one attached hydrogen (secondary N) is 1. The van der Waals surface area contributed by atoms with Gasteiger partial charge in [0.2, 0.25) is 10.8 Å². The third-order valence-corrected chi connectivity index (χ3v) is 6.29. The van der Waals surface area contributed by atoms with Crippen molar-refractivity contribution in [2.45, 2.75) is 39.7 Å². The van der Waals surface area contributed by atoms with Crippen molar-refractivity contribution in [1.82, 2.24) is 14.6 Å². The van der Waals surface area contributed by atoms with Crippen LogP contribution in [0.3, 0.4) is 0 Å². The van der Waals surface area contributed by atoms with Gasteiger partial charge in [0.25, 0.3) is 0 Å². The van der Waals surface area contributed by atoms with E-state index in [0.717, 1.165) is 35.8 Å².